The van der Waals surface area contributed by atoms with E-state index >= 15 is 0 Å². The van der Waals surface area contributed by atoms with Crippen molar-refractivity contribution in [3.05, 3.63) is 59.7 Å². The van der Waals surface area contributed by atoms with Gasteiger partial charge in [-0.05, 0) is 44.5 Å². The van der Waals surface area contributed by atoms with Crippen molar-refractivity contribution < 1.29 is 4.79 Å². The predicted octanol–water partition coefficient (Wildman–Crippen LogP) is 4.42. The monoisotopic (exact) mass is 285 g/mol. The van der Waals surface area contributed by atoms with Gasteiger partial charge in [0.15, 0.2) is 0 Å². The Hall–Kier alpha value is -1.74. The summed E-state index contributed by atoms with van der Waals surface area (Å²) in [6, 6.07) is 15.9. The van der Waals surface area contributed by atoms with Crippen LogP contribution in [-0.4, -0.2) is 11.2 Å². The second-order valence-electron chi connectivity index (χ2n) is 4.88. The van der Waals surface area contributed by atoms with Gasteiger partial charge >= 0.3 is 0 Å². The molecule has 3 heteroatoms. The van der Waals surface area contributed by atoms with Gasteiger partial charge in [0.05, 0.1) is 5.25 Å². The fraction of sp³-hybridized carbons (Fsp3) is 0.235. The minimum atomic E-state index is -0.128. The van der Waals surface area contributed by atoms with Gasteiger partial charge in [0.25, 0.3) is 0 Å². The highest BCUT2D eigenvalue weighted by molar-refractivity contribution is 8.00. The first kappa shape index (κ1) is 14.7. The van der Waals surface area contributed by atoms with Gasteiger partial charge in [-0.1, -0.05) is 35.9 Å². The average Bonchev–Trinajstić information content (AvgIpc) is 2.43. The lowest BCUT2D eigenvalue weighted by Crippen LogP contribution is -2.22. The quantitative estimate of drug-likeness (QED) is 0.842. The molecule has 0 saturated carbocycles. The van der Waals surface area contributed by atoms with Gasteiger partial charge in [-0.2, -0.15) is 0 Å². The zero-order valence-corrected chi connectivity index (χ0v) is 12.8. The molecule has 2 nitrogen and oxygen atoms in total. The molecule has 0 aliphatic rings. The summed E-state index contributed by atoms with van der Waals surface area (Å²) in [5, 5.41) is 2.80. The standard InChI is InChI=1S/C17H19NOS/c1-12-9-10-16(13(2)11-12)20-14(3)17(19)18-15-7-5-4-6-8-15/h4-11,14H,1-3H3,(H,18,19). The van der Waals surface area contributed by atoms with Crippen LogP contribution < -0.4 is 5.32 Å². The summed E-state index contributed by atoms with van der Waals surface area (Å²) >= 11 is 1.59. The van der Waals surface area contributed by atoms with Gasteiger partial charge in [0.2, 0.25) is 5.91 Å². The summed E-state index contributed by atoms with van der Waals surface area (Å²) < 4.78 is 0. The summed E-state index contributed by atoms with van der Waals surface area (Å²) in [6.45, 7) is 6.09. The number of amides is 1. The Kier molecular flexibility index (Phi) is 4.85. The third-order valence-corrected chi connectivity index (χ3v) is 4.32. The van der Waals surface area contributed by atoms with E-state index in [1.807, 2.05) is 37.3 Å². The van der Waals surface area contributed by atoms with Crippen LogP contribution in [0.5, 0.6) is 0 Å². The van der Waals surface area contributed by atoms with Crippen LogP contribution in [0.3, 0.4) is 0 Å². The fourth-order valence-electron chi connectivity index (χ4n) is 1.94. The number of thioether (sulfide) groups is 1. The molecule has 0 saturated heterocycles. The molecule has 1 unspecified atom stereocenters. The number of nitrogens with one attached hydrogen (secondary N) is 1. The van der Waals surface area contributed by atoms with Crippen molar-refractivity contribution in [1.29, 1.82) is 0 Å². The van der Waals surface area contributed by atoms with E-state index in [0.29, 0.717) is 0 Å². The van der Waals surface area contributed by atoms with E-state index in [2.05, 4.69) is 37.4 Å². The zero-order valence-electron chi connectivity index (χ0n) is 12.0. The van der Waals surface area contributed by atoms with E-state index in [0.717, 1.165) is 10.6 Å². The van der Waals surface area contributed by atoms with Crippen molar-refractivity contribution in [3.8, 4) is 0 Å². The number of hydrogen-bond acceptors (Lipinski definition) is 2. The number of para-hydroxylation sites is 1. The molecule has 0 spiro atoms. The number of hydrogen-bond donors (Lipinski definition) is 1. The molecular formula is C17H19NOS. The second-order valence-corrected chi connectivity index (χ2v) is 6.27. The summed E-state index contributed by atoms with van der Waals surface area (Å²) in [5.74, 6) is 0.0289. The maximum Gasteiger partial charge on any atom is 0.237 e. The van der Waals surface area contributed by atoms with Gasteiger partial charge in [-0.3, -0.25) is 4.79 Å². The highest BCUT2D eigenvalue weighted by atomic mass is 32.2. The lowest BCUT2D eigenvalue weighted by Gasteiger charge is -2.13. The molecule has 2 rings (SSSR count). The topological polar surface area (TPSA) is 29.1 Å². The zero-order chi connectivity index (χ0) is 14.5. The Balaban J connectivity index is 2.00. The molecule has 1 amide bonds. The van der Waals surface area contributed by atoms with Crippen molar-refractivity contribution in [3.63, 3.8) is 0 Å². The largest absolute Gasteiger partial charge is 0.325 e. The third-order valence-electron chi connectivity index (χ3n) is 3.04. The minimum absolute atomic E-state index is 0.0289. The third kappa shape index (κ3) is 3.87. The summed E-state index contributed by atoms with van der Waals surface area (Å²) in [4.78, 5) is 13.3. The molecule has 20 heavy (non-hydrogen) atoms. The molecule has 0 aromatic heterocycles. The second kappa shape index (κ2) is 6.62. The number of anilines is 1. The van der Waals surface area contributed by atoms with E-state index in [1.165, 1.54) is 11.1 Å². The molecule has 0 radical (unpaired) electrons. The molecule has 0 bridgehead atoms. The van der Waals surface area contributed by atoms with Crippen molar-refractivity contribution in [2.45, 2.75) is 30.9 Å². The maximum atomic E-state index is 12.2. The van der Waals surface area contributed by atoms with Crippen molar-refractivity contribution in [1.82, 2.24) is 0 Å². The predicted molar refractivity (Wildman–Crippen MR) is 86.3 cm³/mol. The van der Waals surface area contributed by atoms with Gasteiger partial charge in [-0.15, -0.1) is 11.8 Å². The first-order valence-corrected chi connectivity index (χ1v) is 7.54. The van der Waals surface area contributed by atoms with Crippen LogP contribution in [0.1, 0.15) is 18.1 Å². The lowest BCUT2D eigenvalue weighted by molar-refractivity contribution is -0.115. The van der Waals surface area contributed by atoms with Gasteiger partial charge in [-0.25, -0.2) is 0 Å². The Morgan fingerprint density at radius 1 is 1.10 bits per heavy atom. The van der Waals surface area contributed by atoms with Crippen molar-refractivity contribution >= 4 is 23.4 Å². The Morgan fingerprint density at radius 2 is 1.80 bits per heavy atom. The van der Waals surface area contributed by atoms with Crippen LogP contribution in [0.15, 0.2) is 53.4 Å². The van der Waals surface area contributed by atoms with Gasteiger partial charge < -0.3 is 5.32 Å². The van der Waals surface area contributed by atoms with Crippen molar-refractivity contribution in [2.24, 2.45) is 0 Å². The lowest BCUT2D eigenvalue weighted by atomic mass is 10.2. The number of rotatable bonds is 4. The molecule has 0 heterocycles. The van der Waals surface area contributed by atoms with Crippen LogP contribution in [0.4, 0.5) is 5.69 Å². The minimum Gasteiger partial charge on any atom is -0.325 e. The maximum absolute atomic E-state index is 12.2. The molecule has 2 aromatic rings. The first-order chi connectivity index (χ1) is 9.56. The van der Waals surface area contributed by atoms with Crippen LogP contribution >= 0.6 is 11.8 Å². The number of aryl methyl sites for hydroxylation is 2. The van der Waals surface area contributed by atoms with Crippen molar-refractivity contribution in [2.75, 3.05) is 5.32 Å². The number of carbonyl (C=O) groups is 1. The highest BCUT2D eigenvalue weighted by Gasteiger charge is 2.15. The van der Waals surface area contributed by atoms with Crippen LogP contribution in [0.2, 0.25) is 0 Å². The van der Waals surface area contributed by atoms with Crippen LogP contribution in [-0.2, 0) is 4.79 Å². The molecule has 1 atom stereocenters. The molecule has 1 N–H and O–H groups in total. The van der Waals surface area contributed by atoms with Gasteiger partial charge in [0.1, 0.15) is 0 Å². The first-order valence-electron chi connectivity index (χ1n) is 6.66. The molecule has 2 aromatic carbocycles. The smallest absolute Gasteiger partial charge is 0.237 e. The molecular weight excluding hydrogens is 266 g/mol. The Morgan fingerprint density at radius 3 is 2.45 bits per heavy atom. The van der Waals surface area contributed by atoms with E-state index in [4.69, 9.17) is 0 Å². The van der Waals surface area contributed by atoms with Crippen LogP contribution in [0.25, 0.3) is 0 Å². The molecule has 0 aliphatic heterocycles. The number of carbonyl (C=O) groups excluding carboxylic acids is 1. The van der Waals surface area contributed by atoms with E-state index in [-0.39, 0.29) is 11.2 Å². The van der Waals surface area contributed by atoms with E-state index in [9.17, 15) is 4.79 Å². The van der Waals surface area contributed by atoms with Gasteiger partial charge in [0, 0.05) is 10.6 Å². The Bertz CT molecular complexity index is 595. The summed E-state index contributed by atoms with van der Waals surface area (Å²) in [6.07, 6.45) is 0. The normalized spacial score (nSPS) is 11.9. The SMILES string of the molecule is Cc1ccc(SC(C)C(=O)Nc2ccccc2)c(C)c1. The van der Waals surface area contributed by atoms with E-state index < -0.39 is 0 Å². The van der Waals surface area contributed by atoms with E-state index in [1.54, 1.807) is 11.8 Å². The highest BCUT2D eigenvalue weighted by Crippen LogP contribution is 2.27. The summed E-state index contributed by atoms with van der Waals surface area (Å²) in [7, 11) is 0. The fourth-order valence-corrected chi connectivity index (χ4v) is 2.88. The molecule has 0 fully saturated rings. The average molecular weight is 285 g/mol. The number of benzene rings is 2. The van der Waals surface area contributed by atoms with Crippen LogP contribution in [0, 0.1) is 13.8 Å². The Labute approximate surface area is 124 Å². The molecule has 0 aliphatic carbocycles. The summed E-state index contributed by atoms with van der Waals surface area (Å²) in [5.41, 5.74) is 3.30. The molecule has 104 valence electrons.